The fourth-order valence-electron chi connectivity index (χ4n) is 0.928. The van der Waals surface area contributed by atoms with Crippen LogP contribution in [0.4, 0.5) is 13.2 Å². The second-order valence-corrected chi connectivity index (χ2v) is 2.51. The Morgan fingerprint density at radius 2 is 2.20 bits per heavy atom. The molecule has 1 rings (SSSR count). The number of aromatic nitrogens is 1. The highest BCUT2D eigenvalue weighted by molar-refractivity contribution is 5.85. The minimum absolute atomic E-state index is 0.572. The summed E-state index contributed by atoms with van der Waals surface area (Å²) in [6.07, 6.45) is -3.20. The van der Waals surface area contributed by atoms with Gasteiger partial charge in [-0.3, -0.25) is 0 Å². The number of alkyl halides is 2. The van der Waals surface area contributed by atoms with Gasteiger partial charge in [0.15, 0.2) is 17.3 Å². The third-order valence-corrected chi connectivity index (χ3v) is 1.60. The largest absolute Gasteiger partial charge is 0.494 e. The molecule has 0 saturated carbocycles. The van der Waals surface area contributed by atoms with E-state index in [1.54, 1.807) is 0 Å². The molecule has 0 saturated heterocycles. The minimum atomic E-state index is -3.20. The molecule has 0 spiro atoms. The molecular weight excluding hydrogens is 215 g/mol. The van der Waals surface area contributed by atoms with Crippen LogP contribution in [0.15, 0.2) is 6.07 Å². The molecule has 15 heavy (non-hydrogen) atoms. The smallest absolute Gasteiger partial charge is 0.354 e. The maximum Gasteiger partial charge on any atom is 0.354 e. The standard InChI is InChI=1S/C8H6F3NO3/c1-15-4-2-3(8(13)14)12-6(5(4)9)7(10)11/h2,7H,1H3,(H,13,14). The highest BCUT2D eigenvalue weighted by atomic mass is 19.3. The van der Waals surface area contributed by atoms with Gasteiger partial charge in [-0.1, -0.05) is 0 Å². The first-order valence-electron chi connectivity index (χ1n) is 3.73. The number of carboxylic acids is 1. The number of pyridine rings is 1. The predicted octanol–water partition coefficient (Wildman–Crippen LogP) is 1.87. The van der Waals surface area contributed by atoms with E-state index in [1.807, 2.05) is 0 Å². The number of methoxy groups -OCH3 is 1. The van der Waals surface area contributed by atoms with Crippen LogP contribution in [0.3, 0.4) is 0 Å². The normalized spacial score (nSPS) is 10.5. The Kier molecular flexibility index (Phi) is 3.13. The van der Waals surface area contributed by atoms with Crippen LogP contribution in [0.2, 0.25) is 0 Å². The van der Waals surface area contributed by atoms with E-state index < -0.39 is 35.3 Å². The summed E-state index contributed by atoms with van der Waals surface area (Å²) in [5.41, 5.74) is -1.92. The van der Waals surface area contributed by atoms with E-state index in [1.165, 1.54) is 0 Å². The lowest BCUT2D eigenvalue weighted by Gasteiger charge is -2.07. The number of ether oxygens (including phenoxy) is 1. The van der Waals surface area contributed by atoms with Gasteiger partial charge in [0.2, 0.25) is 0 Å². The molecule has 0 atom stereocenters. The first kappa shape index (κ1) is 11.3. The van der Waals surface area contributed by atoms with Crippen molar-refractivity contribution in [2.45, 2.75) is 6.43 Å². The minimum Gasteiger partial charge on any atom is -0.494 e. The van der Waals surface area contributed by atoms with E-state index in [0.29, 0.717) is 0 Å². The van der Waals surface area contributed by atoms with Crippen LogP contribution in [0.25, 0.3) is 0 Å². The number of carbonyl (C=O) groups is 1. The summed E-state index contributed by atoms with van der Waals surface area (Å²) in [6.45, 7) is 0. The number of rotatable bonds is 3. The lowest BCUT2D eigenvalue weighted by atomic mass is 10.2. The number of hydrogen-bond donors (Lipinski definition) is 1. The number of carboxylic acid groups (broad SMARTS) is 1. The molecule has 0 aliphatic rings. The fraction of sp³-hybridized carbons (Fsp3) is 0.250. The molecule has 0 unspecified atom stereocenters. The van der Waals surface area contributed by atoms with Gasteiger partial charge < -0.3 is 9.84 Å². The summed E-state index contributed by atoms with van der Waals surface area (Å²) >= 11 is 0. The van der Waals surface area contributed by atoms with E-state index in [2.05, 4.69) is 9.72 Å². The highest BCUT2D eigenvalue weighted by Gasteiger charge is 2.22. The van der Waals surface area contributed by atoms with Crippen molar-refractivity contribution in [3.8, 4) is 5.75 Å². The molecule has 0 amide bonds. The van der Waals surface area contributed by atoms with Crippen LogP contribution in [-0.2, 0) is 0 Å². The summed E-state index contributed by atoms with van der Waals surface area (Å²) in [5, 5.41) is 8.52. The van der Waals surface area contributed by atoms with Crippen molar-refractivity contribution in [1.82, 2.24) is 4.98 Å². The lowest BCUT2D eigenvalue weighted by molar-refractivity contribution is 0.0687. The van der Waals surface area contributed by atoms with E-state index in [9.17, 15) is 18.0 Å². The van der Waals surface area contributed by atoms with Gasteiger partial charge in [0.1, 0.15) is 5.69 Å². The number of hydrogen-bond acceptors (Lipinski definition) is 3. The van der Waals surface area contributed by atoms with Crippen LogP contribution < -0.4 is 4.74 Å². The third kappa shape index (κ3) is 2.17. The average molecular weight is 221 g/mol. The fourth-order valence-corrected chi connectivity index (χ4v) is 0.928. The lowest BCUT2D eigenvalue weighted by Crippen LogP contribution is -2.07. The van der Waals surface area contributed by atoms with Crippen molar-refractivity contribution in [2.75, 3.05) is 7.11 Å². The second-order valence-electron chi connectivity index (χ2n) is 2.51. The van der Waals surface area contributed by atoms with Gasteiger partial charge in [-0.05, 0) is 0 Å². The predicted molar refractivity (Wildman–Crippen MR) is 42.7 cm³/mol. The molecule has 0 aliphatic carbocycles. The van der Waals surface area contributed by atoms with Gasteiger partial charge in [-0.2, -0.15) is 0 Å². The Bertz CT molecular complexity index is 395. The average Bonchev–Trinajstić information content (AvgIpc) is 2.17. The van der Waals surface area contributed by atoms with E-state index in [-0.39, 0.29) is 0 Å². The molecule has 1 aromatic heterocycles. The molecular formula is C8H6F3NO3. The van der Waals surface area contributed by atoms with E-state index >= 15 is 0 Å². The molecule has 0 bridgehead atoms. The number of halogens is 3. The van der Waals surface area contributed by atoms with Crippen molar-refractivity contribution >= 4 is 5.97 Å². The number of aromatic carboxylic acids is 1. The molecule has 0 radical (unpaired) electrons. The topological polar surface area (TPSA) is 59.4 Å². The van der Waals surface area contributed by atoms with Gasteiger partial charge >= 0.3 is 5.97 Å². The second kappa shape index (κ2) is 4.16. The molecule has 0 aliphatic heterocycles. The zero-order valence-electron chi connectivity index (χ0n) is 7.50. The summed E-state index contributed by atoms with van der Waals surface area (Å²) in [7, 11) is 1.04. The summed E-state index contributed by atoms with van der Waals surface area (Å²) in [6, 6.07) is 0.740. The SMILES string of the molecule is COc1cc(C(=O)O)nc(C(F)F)c1F. The Morgan fingerprint density at radius 3 is 2.60 bits per heavy atom. The molecule has 1 heterocycles. The van der Waals surface area contributed by atoms with Crippen molar-refractivity contribution in [2.24, 2.45) is 0 Å². The molecule has 1 N–H and O–H groups in total. The van der Waals surface area contributed by atoms with Gasteiger partial charge in [0.05, 0.1) is 7.11 Å². The van der Waals surface area contributed by atoms with Crippen molar-refractivity contribution in [3.63, 3.8) is 0 Å². The third-order valence-electron chi connectivity index (χ3n) is 1.60. The van der Waals surface area contributed by atoms with Crippen LogP contribution in [0.1, 0.15) is 22.6 Å². The van der Waals surface area contributed by atoms with Crippen LogP contribution >= 0.6 is 0 Å². The van der Waals surface area contributed by atoms with Gasteiger partial charge in [0.25, 0.3) is 6.43 Å². The Labute approximate surface area is 82.3 Å². The summed E-state index contributed by atoms with van der Waals surface area (Å²) in [5.74, 6) is -3.45. The molecule has 7 heteroatoms. The van der Waals surface area contributed by atoms with Crippen LogP contribution in [-0.4, -0.2) is 23.2 Å². The Balaban J connectivity index is 3.38. The Morgan fingerprint density at radius 1 is 1.60 bits per heavy atom. The molecule has 82 valence electrons. The zero-order valence-corrected chi connectivity index (χ0v) is 7.50. The van der Waals surface area contributed by atoms with Gasteiger partial charge in [-0.25, -0.2) is 22.9 Å². The van der Waals surface area contributed by atoms with Crippen molar-refractivity contribution in [3.05, 3.63) is 23.3 Å². The first-order chi connectivity index (χ1) is 6.97. The molecule has 4 nitrogen and oxygen atoms in total. The maximum absolute atomic E-state index is 13.1. The van der Waals surface area contributed by atoms with Gasteiger partial charge in [0, 0.05) is 6.07 Å². The monoisotopic (exact) mass is 221 g/mol. The maximum atomic E-state index is 13.1. The van der Waals surface area contributed by atoms with Crippen LogP contribution in [0.5, 0.6) is 5.75 Å². The van der Waals surface area contributed by atoms with E-state index in [0.717, 1.165) is 13.2 Å². The molecule has 1 aromatic rings. The van der Waals surface area contributed by atoms with Gasteiger partial charge in [-0.15, -0.1) is 0 Å². The number of nitrogens with zero attached hydrogens (tertiary/aromatic N) is 1. The summed E-state index contributed by atoms with van der Waals surface area (Å²) in [4.78, 5) is 13.4. The quantitative estimate of drug-likeness (QED) is 0.846. The molecule has 0 fully saturated rings. The first-order valence-corrected chi connectivity index (χ1v) is 3.73. The summed E-state index contributed by atoms with van der Waals surface area (Å²) < 4.78 is 42.0. The van der Waals surface area contributed by atoms with E-state index in [4.69, 9.17) is 5.11 Å². The van der Waals surface area contributed by atoms with Crippen molar-refractivity contribution < 1.29 is 27.8 Å². The Hall–Kier alpha value is -1.79. The van der Waals surface area contributed by atoms with Crippen molar-refractivity contribution in [1.29, 1.82) is 0 Å². The van der Waals surface area contributed by atoms with Crippen LogP contribution in [0, 0.1) is 5.82 Å². The zero-order chi connectivity index (χ0) is 11.6. The highest BCUT2D eigenvalue weighted by Crippen LogP contribution is 2.27. The molecule has 0 aromatic carbocycles.